The van der Waals surface area contributed by atoms with Crippen LogP contribution in [0.5, 0.6) is 0 Å². The maximum absolute atomic E-state index is 5.33. The van der Waals surface area contributed by atoms with E-state index < -0.39 is 0 Å². The first-order chi connectivity index (χ1) is 8.30. The van der Waals surface area contributed by atoms with Crippen molar-refractivity contribution in [3.8, 4) is 12.3 Å². The molecule has 92 valence electrons. The molecule has 0 aromatic heterocycles. The van der Waals surface area contributed by atoms with E-state index in [0.717, 1.165) is 19.4 Å². The van der Waals surface area contributed by atoms with Crippen molar-refractivity contribution in [1.82, 2.24) is 5.32 Å². The zero-order valence-electron chi connectivity index (χ0n) is 10.7. The number of ether oxygens (including phenoxy) is 1. The van der Waals surface area contributed by atoms with Gasteiger partial charge in [-0.1, -0.05) is 31.2 Å². The Hall–Kier alpha value is -1.30. The van der Waals surface area contributed by atoms with Gasteiger partial charge in [0.1, 0.15) is 0 Å². The Labute approximate surface area is 104 Å². The van der Waals surface area contributed by atoms with Crippen LogP contribution in [0.1, 0.15) is 30.9 Å². The van der Waals surface area contributed by atoms with Crippen LogP contribution in [0.2, 0.25) is 0 Å². The summed E-state index contributed by atoms with van der Waals surface area (Å²) >= 11 is 0. The van der Waals surface area contributed by atoms with Gasteiger partial charge in [0.25, 0.3) is 0 Å². The van der Waals surface area contributed by atoms with Gasteiger partial charge in [0.2, 0.25) is 0 Å². The number of terminal acetylenes is 1. The van der Waals surface area contributed by atoms with E-state index in [2.05, 4.69) is 42.4 Å². The Kier molecular flexibility index (Phi) is 6.39. The van der Waals surface area contributed by atoms with Crippen molar-refractivity contribution >= 4 is 0 Å². The van der Waals surface area contributed by atoms with Gasteiger partial charge in [0, 0.05) is 26.1 Å². The molecule has 0 aliphatic carbocycles. The van der Waals surface area contributed by atoms with Gasteiger partial charge in [-0.25, -0.2) is 0 Å². The van der Waals surface area contributed by atoms with Crippen LogP contribution >= 0.6 is 0 Å². The van der Waals surface area contributed by atoms with Crippen LogP contribution in [0.25, 0.3) is 0 Å². The molecule has 1 N–H and O–H groups in total. The molecule has 1 rings (SSSR count). The quantitative estimate of drug-likeness (QED) is 0.729. The summed E-state index contributed by atoms with van der Waals surface area (Å²) in [4.78, 5) is 0. The normalized spacial score (nSPS) is 12.1. The van der Waals surface area contributed by atoms with E-state index in [1.54, 1.807) is 7.11 Å². The van der Waals surface area contributed by atoms with Crippen molar-refractivity contribution in [3.63, 3.8) is 0 Å². The van der Waals surface area contributed by atoms with Crippen LogP contribution in [0.15, 0.2) is 24.3 Å². The van der Waals surface area contributed by atoms with Crippen molar-refractivity contribution in [2.45, 2.75) is 39.0 Å². The van der Waals surface area contributed by atoms with Gasteiger partial charge in [-0.2, -0.15) is 0 Å². The summed E-state index contributed by atoms with van der Waals surface area (Å²) in [6.45, 7) is 3.67. The monoisotopic (exact) mass is 231 g/mol. The highest BCUT2D eigenvalue weighted by Gasteiger charge is 2.03. The average molecular weight is 231 g/mol. The molecule has 2 nitrogen and oxygen atoms in total. The molecule has 1 atom stereocenters. The largest absolute Gasteiger partial charge is 0.380 e. The van der Waals surface area contributed by atoms with E-state index in [-0.39, 0.29) is 0 Å². The summed E-state index contributed by atoms with van der Waals surface area (Å²) in [5, 5.41) is 3.47. The molecule has 0 aliphatic rings. The van der Waals surface area contributed by atoms with E-state index >= 15 is 0 Å². The van der Waals surface area contributed by atoms with E-state index in [1.807, 2.05) is 0 Å². The number of methoxy groups -OCH3 is 1. The molecule has 0 saturated heterocycles. The van der Waals surface area contributed by atoms with Gasteiger partial charge in [0.15, 0.2) is 0 Å². The lowest BCUT2D eigenvalue weighted by Crippen LogP contribution is -2.27. The summed E-state index contributed by atoms with van der Waals surface area (Å²) in [5.74, 6) is 2.70. The lowest BCUT2D eigenvalue weighted by Gasteiger charge is -2.14. The standard InChI is InChI=1S/C15H21NO/c1-4-7-15(5-2)16-11-13-8-6-9-14(10-13)12-17-3/h1,6,8-10,15-16H,5,7,11-12H2,2-3H3. The highest BCUT2D eigenvalue weighted by Crippen LogP contribution is 2.07. The molecule has 1 aromatic carbocycles. The van der Waals surface area contributed by atoms with Crippen molar-refractivity contribution in [2.75, 3.05) is 7.11 Å². The molecule has 0 aliphatic heterocycles. The lowest BCUT2D eigenvalue weighted by atomic mass is 10.1. The third-order valence-corrected chi connectivity index (χ3v) is 2.75. The fourth-order valence-corrected chi connectivity index (χ4v) is 1.76. The Morgan fingerprint density at radius 2 is 2.18 bits per heavy atom. The Balaban J connectivity index is 2.50. The molecular formula is C15H21NO. The minimum absolute atomic E-state index is 0.408. The van der Waals surface area contributed by atoms with Crippen molar-refractivity contribution < 1.29 is 4.74 Å². The minimum atomic E-state index is 0.408. The molecule has 0 heterocycles. The first-order valence-corrected chi connectivity index (χ1v) is 6.03. The number of rotatable bonds is 7. The first-order valence-electron chi connectivity index (χ1n) is 6.03. The van der Waals surface area contributed by atoms with Crippen molar-refractivity contribution in [2.24, 2.45) is 0 Å². The van der Waals surface area contributed by atoms with Gasteiger partial charge >= 0.3 is 0 Å². The fraction of sp³-hybridized carbons (Fsp3) is 0.467. The SMILES string of the molecule is C#CCC(CC)NCc1cccc(COC)c1. The van der Waals surface area contributed by atoms with Gasteiger partial charge in [-0.15, -0.1) is 12.3 Å². The molecule has 0 amide bonds. The number of benzene rings is 1. The number of hydrogen-bond donors (Lipinski definition) is 1. The molecule has 2 heteroatoms. The third-order valence-electron chi connectivity index (χ3n) is 2.75. The van der Waals surface area contributed by atoms with Crippen LogP contribution in [0.3, 0.4) is 0 Å². The highest BCUT2D eigenvalue weighted by molar-refractivity contribution is 5.22. The van der Waals surface area contributed by atoms with Crippen LogP contribution in [0, 0.1) is 12.3 Å². The second-order valence-electron chi connectivity index (χ2n) is 4.15. The Morgan fingerprint density at radius 1 is 1.41 bits per heavy atom. The molecule has 17 heavy (non-hydrogen) atoms. The van der Waals surface area contributed by atoms with E-state index in [0.29, 0.717) is 12.6 Å². The third kappa shape index (κ3) is 5.04. The maximum Gasteiger partial charge on any atom is 0.0713 e. The van der Waals surface area contributed by atoms with Crippen LogP contribution in [0.4, 0.5) is 0 Å². The fourth-order valence-electron chi connectivity index (χ4n) is 1.76. The zero-order chi connectivity index (χ0) is 12.5. The van der Waals surface area contributed by atoms with Crippen LogP contribution in [-0.4, -0.2) is 13.2 Å². The van der Waals surface area contributed by atoms with Crippen molar-refractivity contribution in [1.29, 1.82) is 0 Å². The predicted molar refractivity (Wildman–Crippen MR) is 71.5 cm³/mol. The summed E-state index contributed by atoms with van der Waals surface area (Å²) in [6, 6.07) is 8.83. The summed E-state index contributed by atoms with van der Waals surface area (Å²) in [6.07, 6.45) is 7.17. The second kappa shape index (κ2) is 7.89. The van der Waals surface area contributed by atoms with Gasteiger partial charge in [-0.05, 0) is 17.5 Å². The molecule has 1 aromatic rings. The second-order valence-corrected chi connectivity index (χ2v) is 4.15. The minimum Gasteiger partial charge on any atom is -0.380 e. The van der Waals surface area contributed by atoms with Crippen molar-refractivity contribution in [3.05, 3.63) is 35.4 Å². The number of nitrogens with one attached hydrogen (secondary N) is 1. The summed E-state index contributed by atoms with van der Waals surface area (Å²) in [7, 11) is 1.71. The lowest BCUT2D eigenvalue weighted by molar-refractivity contribution is 0.185. The molecule has 0 fully saturated rings. The molecule has 0 bridgehead atoms. The molecular weight excluding hydrogens is 210 g/mol. The smallest absolute Gasteiger partial charge is 0.0713 e. The van der Waals surface area contributed by atoms with Crippen LogP contribution < -0.4 is 5.32 Å². The summed E-state index contributed by atoms with van der Waals surface area (Å²) < 4.78 is 5.12. The van der Waals surface area contributed by atoms with E-state index in [4.69, 9.17) is 11.2 Å². The first kappa shape index (κ1) is 13.8. The Morgan fingerprint density at radius 3 is 2.82 bits per heavy atom. The highest BCUT2D eigenvalue weighted by atomic mass is 16.5. The van der Waals surface area contributed by atoms with E-state index in [9.17, 15) is 0 Å². The zero-order valence-corrected chi connectivity index (χ0v) is 10.7. The van der Waals surface area contributed by atoms with Gasteiger partial charge < -0.3 is 10.1 Å². The topological polar surface area (TPSA) is 21.3 Å². The molecule has 0 saturated carbocycles. The Bertz CT molecular complexity index is 367. The molecule has 1 unspecified atom stereocenters. The number of hydrogen-bond acceptors (Lipinski definition) is 2. The van der Waals surface area contributed by atoms with Gasteiger partial charge in [0.05, 0.1) is 6.61 Å². The molecule has 0 radical (unpaired) electrons. The summed E-state index contributed by atoms with van der Waals surface area (Å²) in [5.41, 5.74) is 2.48. The van der Waals surface area contributed by atoms with E-state index in [1.165, 1.54) is 11.1 Å². The van der Waals surface area contributed by atoms with Crippen LogP contribution in [-0.2, 0) is 17.9 Å². The molecule has 0 spiro atoms. The van der Waals surface area contributed by atoms with Gasteiger partial charge in [-0.3, -0.25) is 0 Å². The maximum atomic E-state index is 5.33. The predicted octanol–water partition coefficient (Wildman–Crippen LogP) is 2.72. The average Bonchev–Trinajstić information content (AvgIpc) is 2.35.